The number of aromatic nitrogens is 1. The van der Waals surface area contributed by atoms with Crippen LogP contribution in [-0.4, -0.2) is 53.9 Å². The number of aliphatic carboxylic acids is 1. The molecule has 0 spiro atoms. The molecule has 1 fully saturated rings. The van der Waals surface area contributed by atoms with Crippen LogP contribution in [0.3, 0.4) is 0 Å². The fraction of sp³-hybridized carbons (Fsp3) is 0.393. The number of carboxylic acids is 1. The maximum atomic E-state index is 14.3. The highest BCUT2D eigenvalue weighted by Gasteiger charge is 2.37. The number of carbonyl (C=O) groups excluding carboxylic acids is 1. The molecule has 1 unspecified atom stereocenters. The van der Waals surface area contributed by atoms with Crippen molar-refractivity contribution in [1.29, 1.82) is 0 Å². The first-order chi connectivity index (χ1) is 19.2. The molecule has 7 nitrogen and oxygen atoms in total. The Morgan fingerprint density at radius 1 is 1.22 bits per heavy atom. The predicted molar refractivity (Wildman–Crippen MR) is 146 cm³/mol. The van der Waals surface area contributed by atoms with E-state index in [0.717, 1.165) is 6.07 Å². The number of nitrogens with one attached hydrogen (secondary N) is 1. The van der Waals surface area contributed by atoms with Crippen LogP contribution in [0.15, 0.2) is 46.9 Å². The summed E-state index contributed by atoms with van der Waals surface area (Å²) in [6.45, 7) is 1.19. The number of hydrogen-bond acceptors (Lipinski definition) is 5. The normalized spacial score (nSPS) is 15.9. The van der Waals surface area contributed by atoms with Crippen molar-refractivity contribution in [2.75, 3.05) is 24.5 Å². The summed E-state index contributed by atoms with van der Waals surface area (Å²) in [4.78, 5) is 31.0. The van der Waals surface area contributed by atoms with Gasteiger partial charge < -0.3 is 20.1 Å². The Kier molecular flexibility index (Phi) is 9.05. The molecule has 13 heteroatoms. The third-order valence-electron chi connectivity index (χ3n) is 6.88. The number of amides is 1. The minimum Gasteiger partial charge on any atom is -0.481 e. The third kappa shape index (κ3) is 7.63. The summed E-state index contributed by atoms with van der Waals surface area (Å²) in [5.74, 6) is -5.75. The Hall–Kier alpha value is -3.48. The van der Waals surface area contributed by atoms with Gasteiger partial charge in [-0.15, -0.1) is 13.2 Å². The van der Waals surface area contributed by atoms with Crippen LogP contribution in [0, 0.1) is 6.92 Å². The number of pyridine rings is 1. The van der Waals surface area contributed by atoms with Gasteiger partial charge in [0, 0.05) is 47.3 Å². The second kappa shape index (κ2) is 12.2. The van der Waals surface area contributed by atoms with E-state index in [9.17, 15) is 36.6 Å². The summed E-state index contributed by atoms with van der Waals surface area (Å²) < 4.78 is 72.5. The first kappa shape index (κ1) is 30.5. The number of piperidine rings is 1. The van der Waals surface area contributed by atoms with Crippen LogP contribution in [0.1, 0.15) is 53.1 Å². The minimum atomic E-state index is -4.97. The highest BCUT2D eigenvalue weighted by molar-refractivity contribution is 9.10. The van der Waals surface area contributed by atoms with Crippen molar-refractivity contribution in [1.82, 2.24) is 10.3 Å². The predicted octanol–water partition coefficient (Wildman–Crippen LogP) is 6.82. The van der Waals surface area contributed by atoms with E-state index in [1.165, 1.54) is 23.1 Å². The van der Waals surface area contributed by atoms with Crippen molar-refractivity contribution < 1.29 is 41.4 Å². The summed E-state index contributed by atoms with van der Waals surface area (Å²) in [6.07, 6.45) is -5.41. The van der Waals surface area contributed by atoms with Gasteiger partial charge in [-0.25, -0.2) is 13.8 Å². The van der Waals surface area contributed by atoms with E-state index in [4.69, 9.17) is 0 Å². The van der Waals surface area contributed by atoms with E-state index in [1.807, 2.05) is 0 Å². The van der Waals surface area contributed by atoms with Crippen molar-refractivity contribution >= 4 is 44.5 Å². The fourth-order valence-corrected chi connectivity index (χ4v) is 5.43. The van der Waals surface area contributed by atoms with Crippen molar-refractivity contribution in [2.45, 2.75) is 50.8 Å². The zero-order valence-corrected chi connectivity index (χ0v) is 23.5. The summed E-state index contributed by atoms with van der Waals surface area (Å²) >= 11 is 3.38. The van der Waals surface area contributed by atoms with E-state index in [2.05, 4.69) is 31.0 Å². The molecule has 1 aliphatic heterocycles. The fourth-order valence-electron chi connectivity index (χ4n) is 5.07. The standard InChI is InChI=1S/C28H27BrF5N3O4/c1-16-24(20-13-18(29)8-9-21(20)36-25(16)37-12-4-11-27(30,31)15-37)26(40)35-14-17(7-10-23(38)39)19-5-2-3-6-22(19)41-28(32,33)34/h2-3,5-6,8-9,13,17H,4,7,10-12,14-15H2,1H3,(H,35,40)(H,38,39). The third-order valence-corrected chi connectivity index (χ3v) is 7.38. The Labute approximate surface area is 240 Å². The molecule has 0 saturated carbocycles. The van der Waals surface area contributed by atoms with Crippen molar-refractivity contribution in [3.05, 3.63) is 63.6 Å². The van der Waals surface area contributed by atoms with Gasteiger partial charge in [-0.05, 0) is 49.6 Å². The summed E-state index contributed by atoms with van der Waals surface area (Å²) in [7, 11) is 0. The van der Waals surface area contributed by atoms with Crippen molar-refractivity contribution in [3.63, 3.8) is 0 Å². The molecule has 1 saturated heterocycles. The van der Waals surface area contributed by atoms with Gasteiger partial charge in [0.15, 0.2) is 0 Å². The Balaban J connectivity index is 1.69. The molecule has 4 rings (SSSR count). The van der Waals surface area contributed by atoms with E-state index >= 15 is 0 Å². The second-order valence-corrected chi connectivity index (χ2v) is 10.8. The molecule has 3 aromatic rings. The van der Waals surface area contributed by atoms with Crippen molar-refractivity contribution in [2.24, 2.45) is 0 Å². The lowest BCUT2D eigenvalue weighted by Gasteiger charge is -2.34. The molecule has 2 N–H and O–H groups in total. The number of ether oxygens (including phenoxy) is 1. The van der Waals surface area contributed by atoms with Gasteiger partial charge >= 0.3 is 12.3 Å². The molecular weight excluding hydrogens is 617 g/mol. The maximum Gasteiger partial charge on any atom is 0.573 e. The molecule has 2 aromatic carbocycles. The monoisotopic (exact) mass is 643 g/mol. The van der Waals surface area contributed by atoms with E-state index in [0.29, 0.717) is 27.5 Å². The summed E-state index contributed by atoms with van der Waals surface area (Å²) in [6, 6.07) is 10.4. The molecule has 1 atom stereocenters. The Bertz CT molecular complexity index is 1450. The molecule has 0 bridgehead atoms. The average Bonchev–Trinajstić information content (AvgIpc) is 2.87. The second-order valence-electron chi connectivity index (χ2n) is 9.90. The van der Waals surface area contributed by atoms with Crippen LogP contribution < -0.4 is 15.0 Å². The molecule has 1 amide bonds. The van der Waals surface area contributed by atoms with Crippen LogP contribution >= 0.6 is 15.9 Å². The van der Waals surface area contributed by atoms with Crippen LogP contribution in [-0.2, 0) is 4.79 Å². The first-order valence-corrected chi connectivity index (χ1v) is 13.6. The summed E-state index contributed by atoms with van der Waals surface area (Å²) in [5, 5.41) is 12.4. The van der Waals surface area contributed by atoms with E-state index in [-0.39, 0.29) is 49.2 Å². The number of carboxylic acid groups (broad SMARTS) is 1. The van der Waals surface area contributed by atoms with Gasteiger partial charge in [-0.3, -0.25) is 9.59 Å². The zero-order valence-electron chi connectivity index (χ0n) is 21.9. The minimum absolute atomic E-state index is 0.0798. The van der Waals surface area contributed by atoms with Crippen molar-refractivity contribution in [3.8, 4) is 5.75 Å². The molecule has 0 aliphatic carbocycles. The number of hydrogen-bond donors (Lipinski definition) is 2. The largest absolute Gasteiger partial charge is 0.573 e. The SMILES string of the molecule is Cc1c(N2CCCC(F)(F)C2)nc2ccc(Br)cc2c1C(=O)NCC(CCC(=O)O)c1ccccc1OC(F)(F)F. The van der Waals surface area contributed by atoms with Gasteiger partial charge in [0.25, 0.3) is 11.8 Å². The van der Waals surface area contributed by atoms with Gasteiger partial charge in [-0.1, -0.05) is 34.1 Å². The van der Waals surface area contributed by atoms with Crippen LogP contribution in [0.2, 0.25) is 0 Å². The van der Waals surface area contributed by atoms with Crippen LogP contribution in [0.25, 0.3) is 10.9 Å². The topological polar surface area (TPSA) is 91.8 Å². The van der Waals surface area contributed by atoms with Gasteiger partial charge in [0.1, 0.15) is 11.6 Å². The molecule has 0 radical (unpaired) electrons. The lowest BCUT2D eigenvalue weighted by Crippen LogP contribution is -2.43. The quantitative estimate of drug-likeness (QED) is 0.249. The number of benzene rings is 2. The number of alkyl halides is 5. The maximum absolute atomic E-state index is 14.3. The number of carbonyl (C=O) groups is 2. The molecule has 41 heavy (non-hydrogen) atoms. The average molecular weight is 644 g/mol. The van der Waals surface area contributed by atoms with Gasteiger partial charge in [0.05, 0.1) is 17.6 Å². The molecule has 1 aliphatic rings. The highest BCUT2D eigenvalue weighted by Crippen LogP contribution is 2.36. The number of nitrogens with zero attached hydrogens (tertiary/aromatic N) is 2. The number of rotatable bonds is 9. The Morgan fingerprint density at radius 3 is 2.63 bits per heavy atom. The number of para-hydroxylation sites is 1. The number of fused-ring (bicyclic) bond motifs is 1. The number of anilines is 1. The first-order valence-electron chi connectivity index (χ1n) is 12.8. The van der Waals surface area contributed by atoms with E-state index in [1.54, 1.807) is 25.1 Å². The van der Waals surface area contributed by atoms with Gasteiger partial charge in [0.2, 0.25) is 0 Å². The van der Waals surface area contributed by atoms with E-state index < -0.39 is 42.4 Å². The van der Waals surface area contributed by atoms with Crippen LogP contribution in [0.5, 0.6) is 5.75 Å². The lowest BCUT2D eigenvalue weighted by atomic mass is 9.92. The molecular formula is C28H27BrF5N3O4. The number of halogens is 6. The summed E-state index contributed by atoms with van der Waals surface area (Å²) in [5.41, 5.74) is 1.03. The zero-order chi connectivity index (χ0) is 29.9. The van der Waals surface area contributed by atoms with Crippen LogP contribution in [0.4, 0.5) is 27.8 Å². The Morgan fingerprint density at radius 2 is 1.95 bits per heavy atom. The van der Waals surface area contributed by atoms with Gasteiger partial charge in [-0.2, -0.15) is 0 Å². The smallest absolute Gasteiger partial charge is 0.481 e. The molecule has 220 valence electrons. The molecule has 1 aromatic heterocycles. The highest BCUT2D eigenvalue weighted by atomic mass is 79.9. The lowest BCUT2D eigenvalue weighted by molar-refractivity contribution is -0.275. The molecule has 2 heterocycles.